The van der Waals surface area contributed by atoms with Crippen LogP contribution in [0.5, 0.6) is 0 Å². The van der Waals surface area contributed by atoms with Crippen molar-refractivity contribution in [2.45, 2.75) is 0 Å². The van der Waals surface area contributed by atoms with Crippen LogP contribution in [0.3, 0.4) is 0 Å². The Balaban J connectivity index is 2.87. The van der Waals surface area contributed by atoms with Gasteiger partial charge in [-0.2, -0.15) is 5.26 Å². The first-order valence-corrected chi connectivity index (χ1v) is 8.96. The fourth-order valence-electron chi connectivity index (χ4n) is 2.26. The van der Waals surface area contributed by atoms with Crippen LogP contribution in [0.25, 0.3) is 0 Å². The highest BCUT2D eigenvalue weighted by molar-refractivity contribution is 9.11. The van der Waals surface area contributed by atoms with Gasteiger partial charge in [-0.05, 0) is 50.1 Å². The molecule has 0 saturated heterocycles. The molecular weight excluding hydrogens is 491 g/mol. The molecule has 134 valence electrons. The molecule has 0 radical (unpaired) electrons. The molecule has 6 nitrogen and oxygen atoms in total. The van der Waals surface area contributed by atoms with Crippen LogP contribution in [0.4, 0.5) is 5.69 Å². The maximum atomic E-state index is 12.5. The van der Waals surface area contributed by atoms with Crippen molar-refractivity contribution in [2.24, 2.45) is 0 Å². The van der Waals surface area contributed by atoms with Crippen molar-refractivity contribution in [3.8, 4) is 6.07 Å². The first-order chi connectivity index (χ1) is 12.4. The number of ether oxygens (including phenoxy) is 2. The molecule has 1 aliphatic rings. The molecule has 0 unspecified atom stereocenters. The molecule has 0 spiro atoms. The van der Waals surface area contributed by atoms with Gasteiger partial charge in [-0.15, -0.1) is 0 Å². The second kappa shape index (κ2) is 8.54. The summed E-state index contributed by atoms with van der Waals surface area (Å²) >= 11 is 12.9. The van der Waals surface area contributed by atoms with Gasteiger partial charge in [0.25, 0.3) is 0 Å². The van der Waals surface area contributed by atoms with Gasteiger partial charge < -0.3 is 14.4 Å². The Hall–Kier alpha value is -2.08. The number of benzene rings is 1. The minimum absolute atomic E-state index is 0.0285. The van der Waals surface area contributed by atoms with Crippen LogP contribution < -0.4 is 4.90 Å². The van der Waals surface area contributed by atoms with E-state index >= 15 is 0 Å². The molecule has 0 aliphatic carbocycles. The second-order valence-corrected chi connectivity index (χ2v) is 6.89. The van der Waals surface area contributed by atoms with E-state index in [-0.39, 0.29) is 27.5 Å². The van der Waals surface area contributed by atoms with Crippen LogP contribution in [0.15, 0.2) is 50.7 Å². The van der Waals surface area contributed by atoms with Crippen molar-refractivity contribution in [3.05, 3.63) is 61.3 Å². The Labute approximate surface area is 171 Å². The van der Waals surface area contributed by atoms with Gasteiger partial charge in [0.05, 0.1) is 36.1 Å². The monoisotopic (exact) mass is 500 g/mol. The number of carbonyl (C=O) groups excluding carboxylic acids is 2. The third-order valence-electron chi connectivity index (χ3n) is 3.39. The van der Waals surface area contributed by atoms with Crippen LogP contribution in [0.2, 0.25) is 5.02 Å². The Morgan fingerprint density at radius 2 is 1.81 bits per heavy atom. The summed E-state index contributed by atoms with van der Waals surface area (Å²) in [5.41, 5.74) is 0.242. The van der Waals surface area contributed by atoms with Crippen molar-refractivity contribution in [3.63, 3.8) is 0 Å². The molecule has 0 N–H and O–H groups in total. The van der Waals surface area contributed by atoms with Gasteiger partial charge in [0.15, 0.2) is 0 Å². The molecule has 1 aliphatic heterocycles. The second-order valence-electron chi connectivity index (χ2n) is 4.81. The first kappa shape index (κ1) is 20.2. The van der Waals surface area contributed by atoms with Crippen LogP contribution in [-0.2, 0) is 19.1 Å². The predicted octanol–water partition coefficient (Wildman–Crippen LogP) is 4.23. The summed E-state index contributed by atoms with van der Waals surface area (Å²) in [6.07, 6.45) is 6.11. The van der Waals surface area contributed by atoms with Gasteiger partial charge in [0.2, 0.25) is 0 Å². The molecule has 0 aromatic heterocycles. The molecule has 0 atom stereocenters. The lowest BCUT2D eigenvalue weighted by Crippen LogP contribution is -2.27. The summed E-state index contributed by atoms with van der Waals surface area (Å²) in [5.74, 6) is -1.51. The summed E-state index contributed by atoms with van der Waals surface area (Å²) in [4.78, 5) is 26.0. The van der Waals surface area contributed by atoms with Crippen molar-refractivity contribution >= 4 is 61.1 Å². The smallest absolute Gasteiger partial charge is 0.355 e. The third kappa shape index (κ3) is 3.70. The molecule has 2 rings (SSSR count). The van der Waals surface area contributed by atoms with Gasteiger partial charge in [-0.1, -0.05) is 17.7 Å². The van der Waals surface area contributed by atoms with Gasteiger partial charge in [0, 0.05) is 15.1 Å². The zero-order chi connectivity index (χ0) is 19.4. The summed E-state index contributed by atoms with van der Waals surface area (Å²) in [6, 6.07) is 3.66. The van der Waals surface area contributed by atoms with Crippen molar-refractivity contribution in [1.82, 2.24) is 0 Å². The molecule has 0 bridgehead atoms. The third-order valence-corrected chi connectivity index (χ3v) is 5.24. The highest BCUT2D eigenvalue weighted by Gasteiger charge is 2.30. The van der Waals surface area contributed by atoms with Gasteiger partial charge in [-0.3, -0.25) is 0 Å². The molecule has 9 heteroatoms. The molecule has 0 saturated carbocycles. The highest BCUT2D eigenvalue weighted by atomic mass is 79.9. The lowest BCUT2D eigenvalue weighted by atomic mass is 10.1. The number of methoxy groups -OCH3 is 2. The number of nitriles is 1. The average Bonchev–Trinajstić information content (AvgIpc) is 2.85. The summed E-state index contributed by atoms with van der Waals surface area (Å²) < 4.78 is 10.6. The lowest BCUT2D eigenvalue weighted by Gasteiger charge is -2.25. The molecule has 0 amide bonds. The van der Waals surface area contributed by atoms with Crippen LogP contribution >= 0.6 is 43.5 Å². The molecule has 1 heterocycles. The number of nitrogens with zero attached hydrogens (tertiary/aromatic N) is 2. The topological polar surface area (TPSA) is 79.6 Å². The summed E-state index contributed by atoms with van der Waals surface area (Å²) in [5, 5.41) is 9.75. The fourth-order valence-corrected chi connectivity index (χ4v) is 3.80. The highest BCUT2D eigenvalue weighted by Crippen LogP contribution is 2.42. The standard InChI is InChI=1S/C17H11Br2ClN2O4/c1-25-16(23)9-5-3-4-6-22(15(9)17(24)26-2)14-10(8-21)13(20)11(18)7-12(14)19/h3-7H,1-2H3. The minimum Gasteiger partial charge on any atom is -0.465 e. The lowest BCUT2D eigenvalue weighted by molar-refractivity contribution is -0.139. The molecule has 1 aromatic carbocycles. The van der Waals surface area contributed by atoms with Gasteiger partial charge in [-0.25, -0.2) is 9.59 Å². The molecule has 0 fully saturated rings. The Morgan fingerprint density at radius 3 is 2.38 bits per heavy atom. The van der Waals surface area contributed by atoms with Crippen LogP contribution in [-0.4, -0.2) is 26.2 Å². The maximum absolute atomic E-state index is 12.5. The molecular formula is C17H11Br2ClN2O4. The number of carbonyl (C=O) groups is 2. The first-order valence-electron chi connectivity index (χ1n) is 6.99. The van der Waals surface area contributed by atoms with E-state index < -0.39 is 11.9 Å². The van der Waals surface area contributed by atoms with Gasteiger partial charge >= 0.3 is 11.9 Å². The minimum atomic E-state index is -0.781. The van der Waals surface area contributed by atoms with E-state index in [1.165, 1.54) is 31.4 Å². The van der Waals surface area contributed by atoms with E-state index in [0.29, 0.717) is 8.95 Å². The quantitative estimate of drug-likeness (QED) is 0.455. The van der Waals surface area contributed by atoms with E-state index in [1.54, 1.807) is 18.2 Å². The van der Waals surface area contributed by atoms with E-state index in [2.05, 4.69) is 31.9 Å². The Kier molecular flexibility index (Phi) is 6.64. The Morgan fingerprint density at radius 1 is 1.15 bits per heavy atom. The zero-order valence-electron chi connectivity index (χ0n) is 13.5. The number of rotatable bonds is 3. The van der Waals surface area contributed by atoms with Crippen LogP contribution in [0.1, 0.15) is 5.56 Å². The largest absolute Gasteiger partial charge is 0.465 e. The number of esters is 2. The maximum Gasteiger partial charge on any atom is 0.355 e. The molecule has 26 heavy (non-hydrogen) atoms. The Bertz CT molecular complexity index is 916. The zero-order valence-corrected chi connectivity index (χ0v) is 17.5. The van der Waals surface area contributed by atoms with E-state index in [4.69, 9.17) is 21.1 Å². The van der Waals surface area contributed by atoms with E-state index in [1.807, 2.05) is 6.07 Å². The number of hydrogen-bond donors (Lipinski definition) is 0. The van der Waals surface area contributed by atoms with Crippen molar-refractivity contribution < 1.29 is 19.1 Å². The predicted molar refractivity (Wildman–Crippen MR) is 103 cm³/mol. The SMILES string of the molecule is COC(=O)C1=C(C(=O)OC)N(c2c(Br)cc(Br)c(Cl)c2C#N)C=CC=C1. The summed E-state index contributed by atoms with van der Waals surface area (Å²) in [6.45, 7) is 0. The van der Waals surface area contributed by atoms with Crippen LogP contribution in [0, 0.1) is 11.3 Å². The summed E-state index contributed by atoms with van der Waals surface area (Å²) in [7, 11) is 2.39. The number of hydrogen-bond acceptors (Lipinski definition) is 6. The number of anilines is 1. The number of allylic oxidation sites excluding steroid dienone is 2. The van der Waals surface area contributed by atoms with Crippen molar-refractivity contribution in [2.75, 3.05) is 19.1 Å². The fraction of sp³-hybridized carbons (Fsp3) is 0.118. The normalized spacial score (nSPS) is 13.3. The van der Waals surface area contributed by atoms with Crippen molar-refractivity contribution in [1.29, 1.82) is 5.26 Å². The van der Waals surface area contributed by atoms with E-state index in [9.17, 15) is 14.9 Å². The van der Waals surface area contributed by atoms with Gasteiger partial charge in [0.1, 0.15) is 11.8 Å². The van der Waals surface area contributed by atoms with E-state index in [0.717, 1.165) is 0 Å². The average molecular weight is 503 g/mol. The molecule has 1 aromatic rings. The number of halogens is 3.